The molecule has 1 heterocycles. The molecule has 0 atom stereocenters. The molecule has 1 amide bonds. The largest absolute Gasteiger partial charge is 0.324 e. The maximum atomic E-state index is 12.3. The molecule has 150 valence electrons. The van der Waals surface area contributed by atoms with Crippen LogP contribution in [0.4, 0.5) is 11.4 Å². The summed E-state index contributed by atoms with van der Waals surface area (Å²) in [6.45, 7) is 4.65. The van der Waals surface area contributed by atoms with Crippen LogP contribution >= 0.6 is 23.4 Å². The van der Waals surface area contributed by atoms with E-state index in [1.807, 2.05) is 42.7 Å². The van der Waals surface area contributed by atoms with Crippen LogP contribution in [0.25, 0.3) is 11.4 Å². The van der Waals surface area contributed by atoms with Gasteiger partial charge in [0.25, 0.3) is 5.69 Å². The van der Waals surface area contributed by atoms with Crippen LogP contribution in [0.3, 0.4) is 0 Å². The number of halogens is 1. The highest BCUT2D eigenvalue weighted by Gasteiger charge is 2.16. The fourth-order valence-electron chi connectivity index (χ4n) is 2.64. The fraction of sp³-hybridized carbons (Fsp3) is 0.211. The molecule has 2 aromatic carbocycles. The summed E-state index contributed by atoms with van der Waals surface area (Å²) in [6, 6.07) is 11.9. The molecule has 29 heavy (non-hydrogen) atoms. The zero-order chi connectivity index (χ0) is 21.0. The number of amides is 1. The third-order valence-corrected chi connectivity index (χ3v) is 5.41. The number of carbonyl (C=O) groups is 1. The monoisotopic (exact) mass is 431 g/mol. The number of benzene rings is 2. The smallest absolute Gasteiger partial charge is 0.271 e. The summed E-state index contributed by atoms with van der Waals surface area (Å²) >= 11 is 7.26. The fourth-order valence-corrected chi connectivity index (χ4v) is 3.60. The number of nitrogens with one attached hydrogen (secondary N) is 1. The third kappa shape index (κ3) is 4.93. The first-order chi connectivity index (χ1) is 13.9. The highest BCUT2D eigenvalue weighted by molar-refractivity contribution is 7.99. The molecule has 0 aliphatic carbocycles. The molecule has 0 radical (unpaired) electrons. The Kier molecular flexibility index (Phi) is 6.50. The van der Waals surface area contributed by atoms with Crippen LogP contribution < -0.4 is 5.32 Å². The Bertz CT molecular complexity index is 1050. The van der Waals surface area contributed by atoms with Crippen LogP contribution in [0.15, 0.2) is 47.6 Å². The predicted molar refractivity (Wildman–Crippen MR) is 113 cm³/mol. The Balaban J connectivity index is 1.70. The number of aromatic nitrogens is 3. The van der Waals surface area contributed by atoms with E-state index in [0.29, 0.717) is 11.7 Å². The first-order valence-corrected chi connectivity index (χ1v) is 10.1. The van der Waals surface area contributed by atoms with Crippen molar-refractivity contribution in [2.24, 2.45) is 0 Å². The summed E-state index contributed by atoms with van der Waals surface area (Å²) in [5.41, 5.74) is 2.15. The van der Waals surface area contributed by atoms with Gasteiger partial charge in [0.15, 0.2) is 11.0 Å². The number of nitro benzene ring substituents is 1. The minimum Gasteiger partial charge on any atom is -0.324 e. The number of carbonyl (C=O) groups excluding carboxylic acids is 1. The topological polar surface area (TPSA) is 103 Å². The van der Waals surface area contributed by atoms with E-state index in [0.717, 1.165) is 17.0 Å². The SMILES string of the molecule is CCn1c(SCC(=O)Nc2cc([N+](=O)[O-])ccc2Cl)nnc1-c1ccc(C)cc1. The van der Waals surface area contributed by atoms with Gasteiger partial charge in [0, 0.05) is 24.2 Å². The average molecular weight is 432 g/mol. The number of non-ortho nitro benzene ring substituents is 1. The summed E-state index contributed by atoms with van der Waals surface area (Å²) in [7, 11) is 0. The van der Waals surface area contributed by atoms with Gasteiger partial charge < -0.3 is 9.88 Å². The van der Waals surface area contributed by atoms with E-state index >= 15 is 0 Å². The summed E-state index contributed by atoms with van der Waals surface area (Å²) in [6.07, 6.45) is 0. The van der Waals surface area contributed by atoms with Gasteiger partial charge in [-0.15, -0.1) is 10.2 Å². The van der Waals surface area contributed by atoms with Crippen molar-refractivity contribution in [1.29, 1.82) is 0 Å². The van der Waals surface area contributed by atoms with Gasteiger partial charge in [-0.05, 0) is 19.9 Å². The van der Waals surface area contributed by atoms with Crippen molar-refractivity contribution in [3.63, 3.8) is 0 Å². The van der Waals surface area contributed by atoms with Crippen LogP contribution in [-0.4, -0.2) is 31.3 Å². The maximum Gasteiger partial charge on any atom is 0.271 e. The number of nitro groups is 1. The van der Waals surface area contributed by atoms with Crippen LogP contribution in [0, 0.1) is 17.0 Å². The molecule has 3 rings (SSSR count). The summed E-state index contributed by atoms with van der Waals surface area (Å²) in [4.78, 5) is 22.7. The minimum absolute atomic E-state index is 0.0606. The number of aryl methyl sites for hydroxylation is 1. The summed E-state index contributed by atoms with van der Waals surface area (Å²) in [5, 5.41) is 22.8. The third-order valence-electron chi connectivity index (χ3n) is 4.11. The van der Waals surface area contributed by atoms with E-state index in [2.05, 4.69) is 15.5 Å². The van der Waals surface area contributed by atoms with Crippen molar-refractivity contribution in [1.82, 2.24) is 14.8 Å². The highest BCUT2D eigenvalue weighted by atomic mass is 35.5. The number of hydrogen-bond acceptors (Lipinski definition) is 6. The van der Waals surface area contributed by atoms with Crippen molar-refractivity contribution in [3.05, 3.63) is 63.2 Å². The van der Waals surface area contributed by atoms with Gasteiger partial charge in [0.1, 0.15) is 0 Å². The Labute approximate surface area is 176 Å². The van der Waals surface area contributed by atoms with Crippen molar-refractivity contribution < 1.29 is 9.72 Å². The highest BCUT2D eigenvalue weighted by Crippen LogP contribution is 2.28. The minimum atomic E-state index is -0.545. The zero-order valence-electron chi connectivity index (χ0n) is 15.8. The number of nitrogens with zero attached hydrogens (tertiary/aromatic N) is 4. The van der Waals surface area contributed by atoms with E-state index < -0.39 is 4.92 Å². The average Bonchev–Trinajstić information content (AvgIpc) is 3.11. The Morgan fingerprint density at radius 2 is 1.97 bits per heavy atom. The molecule has 0 aliphatic rings. The molecule has 0 saturated carbocycles. The normalized spacial score (nSPS) is 10.7. The van der Waals surface area contributed by atoms with Crippen molar-refractivity contribution in [2.45, 2.75) is 25.5 Å². The predicted octanol–water partition coefficient (Wildman–Crippen LogP) is 4.57. The van der Waals surface area contributed by atoms with Gasteiger partial charge >= 0.3 is 0 Å². The van der Waals surface area contributed by atoms with Gasteiger partial charge in [-0.1, -0.05) is 53.2 Å². The Hall–Kier alpha value is -2.91. The number of rotatable bonds is 7. The molecular formula is C19H18ClN5O3S. The molecule has 1 N–H and O–H groups in total. The van der Waals surface area contributed by atoms with Crippen molar-refractivity contribution >= 4 is 40.6 Å². The number of thioether (sulfide) groups is 1. The lowest BCUT2D eigenvalue weighted by Gasteiger charge is -2.09. The van der Waals surface area contributed by atoms with Gasteiger partial charge in [0.2, 0.25) is 5.91 Å². The number of anilines is 1. The van der Waals surface area contributed by atoms with Crippen molar-refractivity contribution in [2.75, 3.05) is 11.1 Å². The van der Waals surface area contributed by atoms with Crippen molar-refractivity contribution in [3.8, 4) is 11.4 Å². The molecule has 0 unspecified atom stereocenters. The molecular weight excluding hydrogens is 414 g/mol. The van der Waals surface area contributed by atoms with E-state index in [4.69, 9.17) is 11.6 Å². The second-order valence-corrected chi connectivity index (χ2v) is 7.52. The van der Waals surface area contributed by atoms with Gasteiger partial charge in [-0.25, -0.2) is 0 Å². The van der Waals surface area contributed by atoms with Crippen LogP contribution in [0.1, 0.15) is 12.5 Å². The second kappa shape index (κ2) is 9.06. The maximum absolute atomic E-state index is 12.3. The zero-order valence-corrected chi connectivity index (χ0v) is 17.3. The van der Waals surface area contributed by atoms with Crippen LogP contribution in [0.5, 0.6) is 0 Å². The molecule has 0 aliphatic heterocycles. The first kappa shape index (κ1) is 20.8. The molecule has 0 fully saturated rings. The molecule has 10 heteroatoms. The molecule has 8 nitrogen and oxygen atoms in total. The molecule has 0 spiro atoms. The molecule has 1 aromatic heterocycles. The lowest BCUT2D eigenvalue weighted by Crippen LogP contribution is -2.15. The van der Waals surface area contributed by atoms with Crippen LogP contribution in [-0.2, 0) is 11.3 Å². The van der Waals surface area contributed by atoms with E-state index in [-0.39, 0.29) is 28.1 Å². The summed E-state index contributed by atoms with van der Waals surface area (Å²) in [5.74, 6) is 0.447. The van der Waals surface area contributed by atoms with Crippen LogP contribution in [0.2, 0.25) is 5.02 Å². The molecule has 0 saturated heterocycles. The van der Waals surface area contributed by atoms with Gasteiger partial charge in [-0.2, -0.15) is 0 Å². The molecule has 0 bridgehead atoms. The Morgan fingerprint density at radius 1 is 1.24 bits per heavy atom. The van der Waals surface area contributed by atoms with Gasteiger partial charge in [-0.3, -0.25) is 14.9 Å². The van der Waals surface area contributed by atoms with E-state index in [1.54, 1.807) is 0 Å². The summed E-state index contributed by atoms with van der Waals surface area (Å²) < 4.78 is 1.93. The quantitative estimate of drug-likeness (QED) is 0.334. The van der Waals surface area contributed by atoms with E-state index in [9.17, 15) is 14.9 Å². The molecule has 3 aromatic rings. The Morgan fingerprint density at radius 3 is 2.62 bits per heavy atom. The number of hydrogen-bond donors (Lipinski definition) is 1. The standard InChI is InChI=1S/C19H18ClN5O3S/c1-3-24-18(13-6-4-12(2)5-7-13)22-23-19(24)29-11-17(26)21-16-10-14(25(27)28)8-9-15(16)20/h4-10H,3,11H2,1-2H3,(H,21,26). The lowest BCUT2D eigenvalue weighted by atomic mass is 10.1. The van der Waals surface area contributed by atoms with E-state index in [1.165, 1.54) is 30.0 Å². The second-order valence-electron chi connectivity index (χ2n) is 6.17. The van der Waals surface area contributed by atoms with Gasteiger partial charge in [0.05, 0.1) is 21.4 Å². The first-order valence-electron chi connectivity index (χ1n) is 8.76. The lowest BCUT2D eigenvalue weighted by molar-refractivity contribution is -0.384.